The summed E-state index contributed by atoms with van der Waals surface area (Å²) >= 11 is 0. The van der Waals surface area contributed by atoms with E-state index in [1.54, 1.807) is 12.0 Å². The number of methoxy groups -OCH3 is 1. The van der Waals surface area contributed by atoms with E-state index >= 15 is 0 Å². The van der Waals surface area contributed by atoms with Gasteiger partial charge in [-0.3, -0.25) is 4.79 Å². The Kier molecular flexibility index (Phi) is 7.15. The van der Waals surface area contributed by atoms with Crippen LogP contribution in [0.3, 0.4) is 0 Å². The van der Waals surface area contributed by atoms with Crippen molar-refractivity contribution in [2.45, 2.75) is 19.3 Å². The van der Waals surface area contributed by atoms with Crippen LogP contribution in [0.2, 0.25) is 0 Å². The summed E-state index contributed by atoms with van der Waals surface area (Å²) in [5.74, 6) is -0.0931. The van der Waals surface area contributed by atoms with E-state index in [2.05, 4.69) is 0 Å². The topological polar surface area (TPSA) is 49.8 Å². The minimum absolute atomic E-state index is 0.0271. The number of carbonyl (C=O) groups excluding carboxylic acids is 1. The summed E-state index contributed by atoms with van der Waals surface area (Å²) in [7, 11) is 1.61. The zero-order valence-corrected chi connectivity index (χ0v) is 11.7. The molecule has 0 radical (unpaired) electrons. The quantitative estimate of drug-likeness (QED) is 0.777. The van der Waals surface area contributed by atoms with Crippen LogP contribution in [-0.2, 0) is 9.53 Å². The SMILES string of the molecule is CCC(C(=O)N(CCO)CCOC)c1ccccc1. The summed E-state index contributed by atoms with van der Waals surface area (Å²) in [4.78, 5) is 14.2. The molecular formula is C15H23NO3. The lowest BCUT2D eigenvalue weighted by atomic mass is 9.95. The van der Waals surface area contributed by atoms with Crippen molar-refractivity contribution < 1.29 is 14.6 Å². The van der Waals surface area contributed by atoms with Crippen LogP contribution in [0.1, 0.15) is 24.8 Å². The number of benzene rings is 1. The molecule has 1 rings (SSSR count). The van der Waals surface area contributed by atoms with Crippen molar-refractivity contribution in [3.8, 4) is 0 Å². The summed E-state index contributed by atoms with van der Waals surface area (Å²) < 4.78 is 5.01. The Morgan fingerprint density at radius 1 is 1.32 bits per heavy atom. The molecule has 0 saturated carbocycles. The molecule has 0 fully saturated rings. The zero-order chi connectivity index (χ0) is 14.1. The fourth-order valence-electron chi connectivity index (χ4n) is 2.11. The molecule has 4 heteroatoms. The maximum atomic E-state index is 12.5. The van der Waals surface area contributed by atoms with Gasteiger partial charge < -0.3 is 14.7 Å². The van der Waals surface area contributed by atoms with Gasteiger partial charge in [-0.2, -0.15) is 0 Å². The first-order valence-electron chi connectivity index (χ1n) is 6.68. The van der Waals surface area contributed by atoms with Gasteiger partial charge in [0.15, 0.2) is 0 Å². The van der Waals surface area contributed by atoms with Crippen LogP contribution in [0.4, 0.5) is 0 Å². The standard InChI is InChI=1S/C15H23NO3/c1-3-14(13-7-5-4-6-8-13)15(18)16(9-11-17)10-12-19-2/h4-8,14,17H,3,9-12H2,1-2H3. The number of nitrogens with zero attached hydrogens (tertiary/aromatic N) is 1. The lowest BCUT2D eigenvalue weighted by Crippen LogP contribution is -2.39. The predicted molar refractivity (Wildman–Crippen MR) is 75.0 cm³/mol. The number of aliphatic hydroxyl groups excluding tert-OH is 1. The van der Waals surface area contributed by atoms with Gasteiger partial charge in [-0.15, -0.1) is 0 Å². The van der Waals surface area contributed by atoms with Crippen molar-refractivity contribution in [1.82, 2.24) is 4.90 Å². The van der Waals surface area contributed by atoms with Crippen LogP contribution in [0.25, 0.3) is 0 Å². The number of rotatable bonds is 8. The van der Waals surface area contributed by atoms with Gasteiger partial charge in [0.2, 0.25) is 5.91 Å². The number of hydrogen-bond donors (Lipinski definition) is 1. The van der Waals surface area contributed by atoms with E-state index < -0.39 is 0 Å². The molecule has 4 nitrogen and oxygen atoms in total. The molecule has 0 aliphatic carbocycles. The van der Waals surface area contributed by atoms with Crippen LogP contribution >= 0.6 is 0 Å². The lowest BCUT2D eigenvalue weighted by Gasteiger charge is -2.26. The lowest BCUT2D eigenvalue weighted by molar-refractivity contribution is -0.134. The molecule has 0 aliphatic rings. The molecule has 1 aromatic rings. The molecule has 0 heterocycles. The van der Waals surface area contributed by atoms with Gasteiger partial charge in [0.25, 0.3) is 0 Å². The van der Waals surface area contributed by atoms with Crippen molar-refractivity contribution in [3.63, 3.8) is 0 Å². The van der Waals surface area contributed by atoms with Crippen molar-refractivity contribution >= 4 is 5.91 Å². The Labute approximate surface area is 115 Å². The highest BCUT2D eigenvalue weighted by molar-refractivity contribution is 5.83. The Morgan fingerprint density at radius 2 is 2.00 bits per heavy atom. The summed E-state index contributed by atoms with van der Waals surface area (Å²) in [5.41, 5.74) is 1.02. The van der Waals surface area contributed by atoms with Crippen LogP contribution in [-0.4, -0.2) is 49.3 Å². The smallest absolute Gasteiger partial charge is 0.230 e. The molecule has 1 N–H and O–H groups in total. The second kappa shape index (κ2) is 8.67. The zero-order valence-electron chi connectivity index (χ0n) is 11.7. The highest BCUT2D eigenvalue weighted by Gasteiger charge is 2.23. The predicted octanol–water partition coefficient (Wildman–Crippen LogP) is 1.65. The van der Waals surface area contributed by atoms with Gasteiger partial charge in [-0.25, -0.2) is 0 Å². The third-order valence-corrected chi connectivity index (χ3v) is 3.16. The van der Waals surface area contributed by atoms with E-state index in [0.29, 0.717) is 19.7 Å². The van der Waals surface area contributed by atoms with Gasteiger partial charge >= 0.3 is 0 Å². The van der Waals surface area contributed by atoms with E-state index in [9.17, 15) is 4.79 Å². The first-order valence-corrected chi connectivity index (χ1v) is 6.68. The minimum atomic E-state index is -0.149. The molecule has 1 aromatic carbocycles. The maximum Gasteiger partial charge on any atom is 0.230 e. The monoisotopic (exact) mass is 265 g/mol. The van der Waals surface area contributed by atoms with Crippen LogP contribution in [0.5, 0.6) is 0 Å². The van der Waals surface area contributed by atoms with Crippen LogP contribution in [0, 0.1) is 0 Å². The fraction of sp³-hybridized carbons (Fsp3) is 0.533. The first kappa shape index (κ1) is 15.7. The highest BCUT2D eigenvalue weighted by atomic mass is 16.5. The Balaban J connectivity index is 2.80. The number of hydrogen-bond acceptors (Lipinski definition) is 3. The molecule has 19 heavy (non-hydrogen) atoms. The van der Waals surface area contributed by atoms with Crippen LogP contribution < -0.4 is 0 Å². The van der Waals surface area contributed by atoms with Gasteiger partial charge in [0, 0.05) is 20.2 Å². The molecule has 106 valence electrons. The molecule has 0 bridgehead atoms. The third-order valence-electron chi connectivity index (χ3n) is 3.16. The molecule has 1 unspecified atom stereocenters. The van der Waals surface area contributed by atoms with Gasteiger partial charge in [-0.1, -0.05) is 37.3 Å². The van der Waals surface area contributed by atoms with Gasteiger partial charge in [0.05, 0.1) is 19.1 Å². The van der Waals surface area contributed by atoms with E-state index in [1.165, 1.54) is 0 Å². The van der Waals surface area contributed by atoms with E-state index in [1.807, 2.05) is 37.3 Å². The third kappa shape index (κ3) is 4.65. The average molecular weight is 265 g/mol. The van der Waals surface area contributed by atoms with Crippen molar-refractivity contribution in [2.75, 3.05) is 33.4 Å². The summed E-state index contributed by atoms with van der Waals surface area (Å²) in [5, 5.41) is 9.08. The summed E-state index contributed by atoms with van der Waals surface area (Å²) in [6.45, 7) is 3.32. The van der Waals surface area contributed by atoms with Gasteiger partial charge in [-0.05, 0) is 12.0 Å². The van der Waals surface area contributed by atoms with Crippen molar-refractivity contribution in [2.24, 2.45) is 0 Å². The average Bonchev–Trinajstić information content (AvgIpc) is 2.45. The molecule has 0 aromatic heterocycles. The minimum Gasteiger partial charge on any atom is -0.395 e. The van der Waals surface area contributed by atoms with Crippen LogP contribution in [0.15, 0.2) is 30.3 Å². The highest BCUT2D eigenvalue weighted by Crippen LogP contribution is 2.21. The van der Waals surface area contributed by atoms with E-state index in [0.717, 1.165) is 12.0 Å². The summed E-state index contributed by atoms with van der Waals surface area (Å²) in [6.07, 6.45) is 0.748. The van der Waals surface area contributed by atoms with Crippen molar-refractivity contribution in [3.05, 3.63) is 35.9 Å². The Morgan fingerprint density at radius 3 is 2.53 bits per heavy atom. The number of amides is 1. The maximum absolute atomic E-state index is 12.5. The Bertz CT molecular complexity index is 367. The number of carbonyl (C=O) groups is 1. The molecule has 0 aliphatic heterocycles. The Hall–Kier alpha value is -1.39. The van der Waals surface area contributed by atoms with E-state index in [-0.39, 0.29) is 18.4 Å². The largest absolute Gasteiger partial charge is 0.395 e. The second-order valence-electron chi connectivity index (χ2n) is 4.41. The molecular weight excluding hydrogens is 242 g/mol. The molecule has 0 spiro atoms. The summed E-state index contributed by atoms with van der Waals surface area (Å²) in [6, 6.07) is 9.77. The first-order chi connectivity index (χ1) is 9.24. The number of ether oxygens (including phenoxy) is 1. The van der Waals surface area contributed by atoms with E-state index in [4.69, 9.17) is 9.84 Å². The fourth-order valence-corrected chi connectivity index (χ4v) is 2.11. The molecule has 1 amide bonds. The van der Waals surface area contributed by atoms with Gasteiger partial charge in [0.1, 0.15) is 0 Å². The molecule has 1 atom stereocenters. The molecule has 0 saturated heterocycles. The normalized spacial score (nSPS) is 12.2. The van der Waals surface area contributed by atoms with Crippen molar-refractivity contribution in [1.29, 1.82) is 0 Å². The number of aliphatic hydroxyl groups is 1. The second-order valence-corrected chi connectivity index (χ2v) is 4.41.